The van der Waals surface area contributed by atoms with Gasteiger partial charge >= 0.3 is 14.2 Å². The van der Waals surface area contributed by atoms with Crippen LogP contribution in [0.1, 0.15) is 26.7 Å². The summed E-state index contributed by atoms with van der Waals surface area (Å²) < 4.78 is 25.3. The Morgan fingerprint density at radius 2 is 2.07 bits per heavy atom. The molecule has 0 aromatic rings. The van der Waals surface area contributed by atoms with Gasteiger partial charge in [-0.05, 0) is 13.3 Å². The van der Waals surface area contributed by atoms with E-state index in [2.05, 4.69) is 0 Å². The van der Waals surface area contributed by atoms with E-state index in [1.165, 1.54) is 7.11 Å². The summed E-state index contributed by atoms with van der Waals surface area (Å²) in [6, 6.07) is 0. The summed E-state index contributed by atoms with van der Waals surface area (Å²) in [5.41, 5.74) is 0. The van der Waals surface area contributed by atoms with Gasteiger partial charge in [-0.25, -0.2) is 4.57 Å². The SMILES string of the molecule is CCCC(O[PH](=O)O)=C(OC)OCC. The quantitative estimate of drug-likeness (QED) is 0.529. The van der Waals surface area contributed by atoms with Crippen molar-refractivity contribution in [2.75, 3.05) is 13.7 Å². The highest BCUT2D eigenvalue weighted by atomic mass is 31.1. The summed E-state index contributed by atoms with van der Waals surface area (Å²) in [5, 5.41) is 0. The van der Waals surface area contributed by atoms with E-state index < -0.39 is 8.25 Å². The molecule has 6 heteroatoms. The van der Waals surface area contributed by atoms with Crippen LogP contribution >= 0.6 is 8.25 Å². The molecule has 1 N–H and O–H groups in total. The van der Waals surface area contributed by atoms with E-state index in [1.807, 2.05) is 6.92 Å². The molecule has 0 amide bonds. The van der Waals surface area contributed by atoms with E-state index in [4.69, 9.17) is 18.9 Å². The summed E-state index contributed by atoms with van der Waals surface area (Å²) in [6.07, 6.45) is 1.30. The fourth-order valence-corrected chi connectivity index (χ4v) is 1.31. The fraction of sp³-hybridized carbons (Fsp3) is 0.750. The Bertz CT molecular complexity index is 214. The predicted molar refractivity (Wildman–Crippen MR) is 52.9 cm³/mol. The number of methoxy groups -OCH3 is 1. The highest BCUT2D eigenvalue weighted by Gasteiger charge is 2.11. The highest BCUT2D eigenvalue weighted by Crippen LogP contribution is 2.26. The first-order valence-corrected chi connectivity index (χ1v) is 5.72. The molecule has 0 spiro atoms. The molecule has 0 aliphatic heterocycles. The predicted octanol–water partition coefficient (Wildman–Crippen LogP) is 2.04. The van der Waals surface area contributed by atoms with Crippen molar-refractivity contribution in [3.05, 3.63) is 11.7 Å². The molecule has 0 rings (SSSR count). The lowest BCUT2D eigenvalue weighted by Gasteiger charge is -2.12. The zero-order valence-corrected chi connectivity index (χ0v) is 9.70. The van der Waals surface area contributed by atoms with Crippen molar-refractivity contribution in [1.82, 2.24) is 0 Å². The highest BCUT2D eigenvalue weighted by molar-refractivity contribution is 7.32. The van der Waals surface area contributed by atoms with Crippen LogP contribution in [0.5, 0.6) is 0 Å². The van der Waals surface area contributed by atoms with Crippen LogP contribution in [0.4, 0.5) is 0 Å². The minimum absolute atomic E-state index is 0.182. The molecule has 0 aromatic heterocycles. The third-order valence-corrected chi connectivity index (χ3v) is 1.80. The second-order valence-electron chi connectivity index (χ2n) is 2.47. The Hall–Kier alpha value is -0.670. The average Bonchev–Trinajstić information content (AvgIpc) is 2.13. The van der Waals surface area contributed by atoms with E-state index in [0.717, 1.165) is 6.42 Å². The molecule has 0 heterocycles. The molecule has 0 saturated heterocycles. The van der Waals surface area contributed by atoms with Gasteiger partial charge in [0.2, 0.25) is 0 Å². The van der Waals surface area contributed by atoms with Gasteiger partial charge in [-0.2, -0.15) is 0 Å². The van der Waals surface area contributed by atoms with Crippen LogP contribution < -0.4 is 0 Å². The molecule has 0 radical (unpaired) electrons. The first-order valence-electron chi connectivity index (χ1n) is 4.46. The van der Waals surface area contributed by atoms with E-state index in [9.17, 15) is 4.57 Å². The molecule has 0 aliphatic carbocycles. The van der Waals surface area contributed by atoms with Crippen LogP contribution in [0, 0.1) is 0 Å². The van der Waals surface area contributed by atoms with Gasteiger partial charge in [0.15, 0.2) is 5.76 Å². The second kappa shape index (κ2) is 7.71. The molecular weight excluding hydrogens is 207 g/mol. The zero-order valence-electron chi connectivity index (χ0n) is 8.70. The van der Waals surface area contributed by atoms with Gasteiger partial charge in [0.1, 0.15) is 0 Å². The van der Waals surface area contributed by atoms with Gasteiger partial charge in [0, 0.05) is 6.42 Å². The molecule has 84 valence electrons. The summed E-state index contributed by atoms with van der Waals surface area (Å²) in [7, 11) is -1.57. The molecule has 0 saturated carbocycles. The Labute approximate surface area is 84.6 Å². The lowest BCUT2D eigenvalue weighted by molar-refractivity contribution is 0.0513. The molecular formula is C8H17O5P. The smallest absolute Gasteiger partial charge is 0.365 e. The van der Waals surface area contributed by atoms with Crippen LogP contribution in [0.25, 0.3) is 0 Å². The first kappa shape index (κ1) is 13.3. The van der Waals surface area contributed by atoms with Gasteiger partial charge in [-0.3, -0.25) is 0 Å². The van der Waals surface area contributed by atoms with E-state index in [-0.39, 0.29) is 5.95 Å². The number of ether oxygens (including phenoxy) is 2. The molecule has 1 unspecified atom stereocenters. The minimum Gasteiger partial charge on any atom is -0.466 e. The van der Waals surface area contributed by atoms with Crippen LogP contribution in [-0.4, -0.2) is 18.6 Å². The average molecular weight is 224 g/mol. The number of hydrogen-bond donors (Lipinski definition) is 1. The topological polar surface area (TPSA) is 65.0 Å². The zero-order chi connectivity index (χ0) is 11.0. The van der Waals surface area contributed by atoms with Crippen molar-refractivity contribution in [1.29, 1.82) is 0 Å². The maximum absolute atomic E-state index is 10.5. The monoisotopic (exact) mass is 224 g/mol. The van der Waals surface area contributed by atoms with Crippen LogP contribution in [-0.2, 0) is 18.6 Å². The Morgan fingerprint density at radius 3 is 2.43 bits per heavy atom. The lowest BCUT2D eigenvalue weighted by Crippen LogP contribution is -2.01. The van der Waals surface area contributed by atoms with Crippen molar-refractivity contribution in [2.45, 2.75) is 26.7 Å². The maximum Gasteiger partial charge on any atom is 0.365 e. The van der Waals surface area contributed by atoms with Crippen molar-refractivity contribution in [3.63, 3.8) is 0 Å². The molecule has 0 bridgehead atoms. The largest absolute Gasteiger partial charge is 0.466 e. The minimum atomic E-state index is -3.00. The number of rotatable bonds is 7. The van der Waals surface area contributed by atoms with E-state index >= 15 is 0 Å². The molecule has 1 atom stereocenters. The first-order chi connectivity index (χ1) is 6.65. The Morgan fingerprint density at radius 1 is 1.43 bits per heavy atom. The van der Waals surface area contributed by atoms with Crippen LogP contribution in [0.3, 0.4) is 0 Å². The van der Waals surface area contributed by atoms with E-state index in [1.54, 1.807) is 6.92 Å². The van der Waals surface area contributed by atoms with Crippen molar-refractivity contribution in [2.24, 2.45) is 0 Å². The lowest BCUT2D eigenvalue weighted by atomic mass is 10.3. The third kappa shape index (κ3) is 5.14. The Balaban J connectivity index is 4.59. The Kier molecular flexibility index (Phi) is 7.34. The number of hydrogen-bond acceptors (Lipinski definition) is 4. The number of allylic oxidation sites excluding steroid dienone is 1. The van der Waals surface area contributed by atoms with Gasteiger partial charge in [-0.15, -0.1) is 0 Å². The molecule has 0 fully saturated rings. The molecule has 5 nitrogen and oxygen atoms in total. The van der Waals surface area contributed by atoms with Crippen molar-refractivity contribution < 1.29 is 23.5 Å². The standard InChI is InChI=1S/C8H17O5P/c1-4-6-7(13-14(9)10)8(11-3)12-5-2/h14H,4-6H2,1-3H3,(H,9,10). The third-order valence-electron chi connectivity index (χ3n) is 1.38. The molecule has 0 aromatic carbocycles. The van der Waals surface area contributed by atoms with Gasteiger partial charge < -0.3 is 18.9 Å². The summed E-state index contributed by atoms with van der Waals surface area (Å²) in [5.74, 6) is 0.477. The van der Waals surface area contributed by atoms with Gasteiger partial charge in [0.25, 0.3) is 0 Å². The van der Waals surface area contributed by atoms with Crippen molar-refractivity contribution >= 4 is 8.25 Å². The maximum atomic E-state index is 10.5. The van der Waals surface area contributed by atoms with Gasteiger partial charge in [0.05, 0.1) is 13.7 Å². The second-order valence-corrected chi connectivity index (χ2v) is 3.20. The normalized spacial score (nSPS) is 14.3. The summed E-state index contributed by atoms with van der Waals surface area (Å²) in [6.45, 7) is 4.15. The van der Waals surface area contributed by atoms with E-state index in [0.29, 0.717) is 18.8 Å². The summed E-state index contributed by atoms with van der Waals surface area (Å²) >= 11 is 0. The van der Waals surface area contributed by atoms with Crippen LogP contribution in [0.2, 0.25) is 0 Å². The van der Waals surface area contributed by atoms with Crippen LogP contribution in [0.15, 0.2) is 11.7 Å². The van der Waals surface area contributed by atoms with Crippen molar-refractivity contribution in [3.8, 4) is 0 Å². The molecule has 14 heavy (non-hydrogen) atoms. The summed E-state index contributed by atoms with van der Waals surface area (Å²) in [4.78, 5) is 8.64. The molecule has 0 aliphatic rings. The fourth-order valence-electron chi connectivity index (χ4n) is 0.912. The van der Waals surface area contributed by atoms with Gasteiger partial charge in [-0.1, -0.05) is 6.92 Å².